The van der Waals surface area contributed by atoms with Gasteiger partial charge >= 0.3 is 0 Å². The maximum absolute atomic E-state index is 12.5. The highest BCUT2D eigenvalue weighted by Crippen LogP contribution is 2.03. The van der Waals surface area contributed by atoms with Crippen molar-refractivity contribution in [3.8, 4) is 0 Å². The van der Waals surface area contributed by atoms with Gasteiger partial charge in [-0.3, -0.25) is 4.79 Å². The van der Waals surface area contributed by atoms with Crippen LogP contribution < -0.4 is 5.32 Å². The van der Waals surface area contributed by atoms with E-state index in [0.29, 0.717) is 12.1 Å². The molecule has 0 spiro atoms. The first-order valence-electron chi connectivity index (χ1n) is 5.64. The summed E-state index contributed by atoms with van der Waals surface area (Å²) in [4.78, 5) is 15.0. The summed E-state index contributed by atoms with van der Waals surface area (Å²) < 4.78 is 12.5. The number of aliphatic hydroxyl groups is 1. The minimum absolute atomic E-state index is 0.163. The van der Waals surface area contributed by atoms with Crippen molar-refractivity contribution in [3.05, 3.63) is 29.8 Å². The van der Waals surface area contributed by atoms with Crippen molar-refractivity contribution in [2.75, 3.05) is 13.2 Å². The molecule has 0 aliphatic rings. The third-order valence-corrected chi connectivity index (χ3v) is 2.46. The van der Waals surface area contributed by atoms with E-state index in [-0.39, 0.29) is 18.4 Å². The molecule has 0 fully saturated rings. The molecule has 94 valence electrons. The Kier molecular flexibility index (Phi) is 5.56. The lowest BCUT2D eigenvalue weighted by molar-refractivity contribution is 0.0951. The standard InChI is InChI=1S/C12H17FN2O2/c1-9(8-16)3-2-6-14-12(17)10-4-5-11(13)15-7-10/h4-5,7,9,16H,2-3,6,8H2,1H3,(H,14,17). The Labute approximate surface area is 99.9 Å². The topological polar surface area (TPSA) is 62.2 Å². The number of amides is 1. The van der Waals surface area contributed by atoms with Crippen LogP contribution in [0.1, 0.15) is 30.1 Å². The van der Waals surface area contributed by atoms with Crippen molar-refractivity contribution in [1.82, 2.24) is 10.3 Å². The van der Waals surface area contributed by atoms with E-state index in [4.69, 9.17) is 5.11 Å². The van der Waals surface area contributed by atoms with Crippen molar-refractivity contribution in [3.63, 3.8) is 0 Å². The lowest BCUT2D eigenvalue weighted by atomic mass is 10.1. The molecule has 1 aromatic rings. The first-order valence-corrected chi connectivity index (χ1v) is 5.64. The van der Waals surface area contributed by atoms with Gasteiger partial charge in [0.2, 0.25) is 5.95 Å². The summed E-state index contributed by atoms with van der Waals surface area (Å²) in [5.41, 5.74) is 0.349. The molecule has 1 rings (SSSR count). The molecular formula is C12H17FN2O2. The number of carbonyl (C=O) groups is 1. The quantitative estimate of drug-likeness (QED) is 0.583. The fourth-order valence-electron chi connectivity index (χ4n) is 1.36. The van der Waals surface area contributed by atoms with Crippen LogP contribution in [0.3, 0.4) is 0 Å². The number of halogens is 1. The molecule has 1 atom stereocenters. The summed E-state index contributed by atoms with van der Waals surface area (Å²) in [6.45, 7) is 2.65. The molecule has 0 saturated heterocycles. The van der Waals surface area contributed by atoms with Crippen molar-refractivity contribution in [2.45, 2.75) is 19.8 Å². The second-order valence-electron chi connectivity index (χ2n) is 4.06. The lowest BCUT2D eigenvalue weighted by Gasteiger charge is -2.08. The van der Waals surface area contributed by atoms with E-state index in [1.165, 1.54) is 12.3 Å². The Morgan fingerprint density at radius 1 is 1.59 bits per heavy atom. The molecule has 0 aliphatic heterocycles. The summed E-state index contributed by atoms with van der Waals surface area (Å²) >= 11 is 0. The molecule has 1 unspecified atom stereocenters. The molecule has 0 aromatic carbocycles. The zero-order chi connectivity index (χ0) is 12.7. The van der Waals surface area contributed by atoms with Crippen LogP contribution in [0.25, 0.3) is 0 Å². The van der Waals surface area contributed by atoms with Crippen molar-refractivity contribution in [1.29, 1.82) is 0 Å². The Morgan fingerprint density at radius 2 is 2.35 bits per heavy atom. The van der Waals surface area contributed by atoms with Gasteiger partial charge in [0.1, 0.15) is 0 Å². The molecule has 4 nitrogen and oxygen atoms in total. The van der Waals surface area contributed by atoms with E-state index in [1.807, 2.05) is 6.92 Å². The minimum atomic E-state index is -0.599. The number of nitrogens with one attached hydrogen (secondary N) is 1. The zero-order valence-corrected chi connectivity index (χ0v) is 9.82. The molecule has 5 heteroatoms. The summed E-state index contributed by atoms with van der Waals surface area (Å²) in [6, 6.07) is 2.55. The smallest absolute Gasteiger partial charge is 0.252 e. The number of aliphatic hydroxyl groups excluding tert-OH is 1. The van der Waals surface area contributed by atoms with Gasteiger partial charge in [-0.2, -0.15) is 4.39 Å². The van der Waals surface area contributed by atoms with Crippen LogP contribution >= 0.6 is 0 Å². The number of nitrogens with zero attached hydrogens (tertiary/aromatic N) is 1. The van der Waals surface area contributed by atoms with Gasteiger partial charge in [-0.1, -0.05) is 6.92 Å². The van der Waals surface area contributed by atoms with E-state index >= 15 is 0 Å². The predicted molar refractivity (Wildman–Crippen MR) is 62.0 cm³/mol. The third-order valence-electron chi connectivity index (χ3n) is 2.46. The number of aromatic nitrogens is 1. The minimum Gasteiger partial charge on any atom is -0.396 e. The average molecular weight is 240 g/mol. The van der Waals surface area contributed by atoms with Gasteiger partial charge in [0.05, 0.1) is 5.56 Å². The molecule has 1 amide bonds. The van der Waals surface area contributed by atoms with Gasteiger partial charge in [-0.05, 0) is 30.9 Å². The van der Waals surface area contributed by atoms with E-state index in [1.54, 1.807) is 0 Å². The number of hydrogen-bond donors (Lipinski definition) is 2. The number of hydrogen-bond acceptors (Lipinski definition) is 3. The average Bonchev–Trinajstić information content (AvgIpc) is 2.34. The van der Waals surface area contributed by atoms with E-state index in [2.05, 4.69) is 10.3 Å². The highest BCUT2D eigenvalue weighted by Gasteiger charge is 2.06. The van der Waals surface area contributed by atoms with Gasteiger partial charge in [0.25, 0.3) is 5.91 Å². The van der Waals surface area contributed by atoms with Gasteiger partial charge in [0, 0.05) is 19.3 Å². The summed E-state index contributed by atoms with van der Waals surface area (Å²) in [6.07, 6.45) is 2.88. The molecule has 0 bridgehead atoms. The highest BCUT2D eigenvalue weighted by molar-refractivity contribution is 5.93. The van der Waals surface area contributed by atoms with Gasteiger partial charge in [0.15, 0.2) is 0 Å². The fraction of sp³-hybridized carbons (Fsp3) is 0.500. The normalized spacial score (nSPS) is 12.2. The second kappa shape index (κ2) is 6.96. The molecule has 0 saturated carbocycles. The van der Waals surface area contributed by atoms with Gasteiger partial charge in [-0.25, -0.2) is 4.98 Å². The molecule has 1 heterocycles. The van der Waals surface area contributed by atoms with Gasteiger partial charge < -0.3 is 10.4 Å². The Balaban J connectivity index is 2.28. The summed E-state index contributed by atoms with van der Waals surface area (Å²) in [5, 5.41) is 11.5. The van der Waals surface area contributed by atoms with Crippen LogP contribution in [0.2, 0.25) is 0 Å². The highest BCUT2D eigenvalue weighted by atomic mass is 19.1. The van der Waals surface area contributed by atoms with E-state index in [9.17, 15) is 9.18 Å². The first kappa shape index (κ1) is 13.6. The van der Waals surface area contributed by atoms with Crippen LogP contribution in [-0.2, 0) is 0 Å². The number of rotatable bonds is 6. The lowest BCUT2D eigenvalue weighted by Crippen LogP contribution is -2.25. The second-order valence-corrected chi connectivity index (χ2v) is 4.06. The van der Waals surface area contributed by atoms with Crippen LogP contribution in [0, 0.1) is 11.9 Å². The van der Waals surface area contributed by atoms with Crippen LogP contribution in [-0.4, -0.2) is 29.1 Å². The van der Waals surface area contributed by atoms with Crippen LogP contribution in [0.4, 0.5) is 4.39 Å². The fourth-order valence-corrected chi connectivity index (χ4v) is 1.36. The SMILES string of the molecule is CC(CO)CCCNC(=O)c1ccc(F)nc1. The third kappa shape index (κ3) is 4.91. The van der Waals surface area contributed by atoms with E-state index in [0.717, 1.165) is 18.9 Å². The van der Waals surface area contributed by atoms with Gasteiger partial charge in [-0.15, -0.1) is 0 Å². The predicted octanol–water partition coefficient (Wildman–Crippen LogP) is 1.36. The van der Waals surface area contributed by atoms with Crippen LogP contribution in [0.15, 0.2) is 18.3 Å². The van der Waals surface area contributed by atoms with E-state index < -0.39 is 5.95 Å². The van der Waals surface area contributed by atoms with Crippen LogP contribution in [0.5, 0.6) is 0 Å². The summed E-state index contributed by atoms with van der Waals surface area (Å²) in [7, 11) is 0. The molecule has 0 radical (unpaired) electrons. The Hall–Kier alpha value is -1.49. The number of carbonyl (C=O) groups excluding carboxylic acids is 1. The molecular weight excluding hydrogens is 223 g/mol. The molecule has 0 aliphatic carbocycles. The molecule has 17 heavy (non-hydrogen) atoms. The maximum Gasteiger partial charge on any atom is 0.252 e. The van der Waals surface area contributed by atoms with Crippen molar-refractivity contribution in [2.24, 2.45) is 5.92 Å². The maximum atomic E-state index is 12.5. The largest absolute Gasteiger partial charge is 0.396 e. The monoisotopic (exact) mass is 240 g/mol. The number of pyridine rings is 1. The molecule has 1 aromatic heterocycles. The van der Waals surface area contributed by atoms with Crippen molar-refractivity contribution < 1.29 is 14.3 Å². The zero-order valence-electron chi connectivity index (χ0n) is 9.82. The Bertz CT molecular complexity index is 354. The summed E-state index contributed by atoms with van der Waals surface area (Å²) in [5.74, 6) is -0.605. The first-order chi connectivity index (χ1) is 8.13. The molecule has 2 N–H and O–H groups in total. The van der Waals surface area contributed by atoms with Crippen molar-refractivity contribution >= 4 is 5.91 Å². The Morgan fingerprint density at radius 3 is 2.94 bits per heavy atom.